The molecule has 1 aromatic carbocycles. The van der Waals surface area contributed by atoms with Gasteiger partial charge in [-0.2, -0.15) is 0 Å². The van der Waals surface area contributed by atoms with Crippen LogP contribution in [-0.2, 0) is 19.1 Å². The van der Waals surface area contributed by atoms with Crippen molar-refractivity contribution < 1.29 is 19.1 Å². The minimum absolute atomic E-state index is 0.0570. The number of hydrogen-bond acceptors (Lipinski definition) is 6. The maximum Gasteiger partial charge on any atom is 0.312 e. The molecule has 0 N–H and O–H groups in total. The van der Waals surface area contributed by atoms with Crippen LogP contribution in [-0.4, -0.2) is 97.5 Å². The minimum Gasteiger partial charge on any atom is -0.462 e. The molecule has 35 heavy (non-hydrogen) atoms. The molecule has 0 saturated carbocycles. The molecule has 3 aliphatic rings. The molecule has 1 aromatic rings. The zero-order valence-electron chi connectivity index (χ0n) is 21.0. The van der Waals surface area contributed by atoms with Crippen molar-refractivity contribution >= 4 is 35.1 Å². The van der Waals surface area contributed by atoms with Gasteiger partial charge in [0.1, 0.15) is 12.1 Å². The van der Waals surface area contributed by atoms with Crippen LogP contribution in [0.25, 0.3) is 0 Å². The lowest BCUT2D eigenvalue weighted by molar-refractivity contribution is -0.153. The van der Waals surface area contributed by atoms with Gasteiger partial charge in [-0.15, -0.1) is 0 Å². The molecule has 192 valence electrons. The molecule has 1 spiro atoms. The Labute approximate surface area is 213 Å². The van der Waals surface area contributed by atoms with Gasteiger partial charge in [-0.25, -0.2) is 0 Å². The molecule has 9 heteroatoms. The van der Waals surface area contributed by atoms with Crippen molar-refractivity contribution in [2.45, 2.75) is 51.7 Å². The maximum atomic E-state index is 12.8. The second kappa shape index (κ2) is 10.7. The fourth-order valence-electron chi connectivity index (χ4n) is 5.49. The quantitative estimate of drug-likeness (QED) is 0.554. The summed E-state index contributed by atoms with van der Waals surface area (Å²) in [5.41, 5.74) is 0.693. The number of cyclic esters (lactones) is 1. The fourth-order valence-corrected chi connectivity index (χ4v) is 5.68. The summed E-state index contributed by atoms with van der Waals surface area (Å²) in [7, 11) is 1.65. The SMILES string of the molecule is CC(=O)N(C)[C@H](C)C(=O)N1CCC2(CC1)C[C@H](CCN1CCN(c3cccc(Cl)c3)CC1)OC2=O. The van der Waals surface area contributed by atoms with Crippen molar-refractivity contribution in [3.63, 3.8) is 0 Å². The van der Waals surface area contributed by atoms with Gasteiger partial charge in [0.2, 0.25) is 11.8 Å². The van der Waals surface area contributed by atoms with Crippen molar-refractivity contribution in [2.24, 2.45) is 5.41 Å². The van der Waals surface area contributed by atoms with E-state index in [9.17, 15) is 14.4 Å². The van der Waals surface area contributed by atoms with E-state index in [1.807, 2.05) is 18.2 Å². The summed E-state index contributed by atoms with van der Waals surface area (Å²) < 4.78 is 5.82. The van der Waals surface area contributed by atoms with Crippen molar-refractivity contribution in [1.82, 2.24) is 14.7 Å². The van der Waals surface area contributed by atoms with Gasteiger partial charge in [0.05, 0.1) is 5.41 Å². The zero-order chi connectivity index (χ0) is 25.2. The van der Waals surface area contributed by atoms with E-state index in [1.54, 1.807) is 18.9 Å². The molecule has 4 rings (SSSR count). The lowest BCUT2D eigenvalue weighted by Gasteiger charge is -2.38. The standard InChI is InChI=1S/C26H37ClN4O4/c1-19(28(3)20(2)32)24(33)31-11-8-26(9-12-31)18-23(35-25(26)34)7-10-29-13-15-30(16-14-29)22-6-4-5-21(27)17-22/h4-6,17,19,23H,7-16,18H2,1-3H3/t19-,23+/m1/s1. The number of ether oxygens (including phenoxy) is 1. The number of nitrogens with zero attached hydrogens (tertiary/aromatic N) is 4. The summed E-state index contributed by atoms with van der Waals surface area (Å²) in [6.07, 6.45) is 2.78. The molecular weight excluding hydrogens is 468 g/mol. The number of likely N-dealkylation sites (tertiary alicyclic amines) is 1. The Morgan fingerprint density at radius 1 is 1.17 bits per heavy atom. The molecule has 8 nitrogen and oxygen atoms in total. The Morgan fingerprint density at radius 3 is 2.49 bits per heavy atom. The van der Waals surface area contributed by atoms with Gasteiger partial charge in [0, 0.05) is 76.9 Å². The number of esters is 1. The third kappa shape index (κ3) is 5.75. The number of piperidine rings is 1. The second-order valence-electron chi connectivity index (χ2n) is 10.2. The van der Waals surface area contributed by atoms with Gasteiger partial charge in [0.25, 0.3) is 0 Å². The van der Waals surface area contributed by atoms with Gasteiger partial charge in [-0.05, 0) is 44.4 Å². The Morgan fingerprint density at radius 2 is 1.86 bits per heavy atom. The molecule has 2 atom stereocenters. The Bertz CT molecular complexity index is 941. The van der Waals surface area contributed by atoms with E-state index in [-0.39, 0.29) is 23.9 Å². The monoisotopic (exact) mass is 504 g/mol. The first-order valence-corrected chi connectivity index (χ1v) is 13.0. The van der Waals surface area contributed by atoms with Crippen LogP contribution in [0.5, 0.6) is 0 Å². The summed E-state index contributed by atoms with van der Waals surface area (Å²) >= 11 is 6.14. The number of hydrogen-bond donors (Lipinski definition) is 0. The smallest absolute Gasteiger partial charge is 0.312 e. The minimum atomic E-state index is -0.496. The predicted octanol–water partition coefficient (Wildman–Crippen LogP) is 2.64. The molecule has 3 fully saturated rings. The Hall–Kier alpha value is -2.32. The van der Waals surface area contributed by atoms with Crippen molar-refractivity contribution in [3.8, 4) is 0 Å². The number of amides is 2. The van der Waals surface area contributed by atoms with E-state index in [0.29, 0.717) is 25.9 Å². The van der Waals surface area contributed by atoms with Gasteiger partial charge in [-0.3, -0.25) is 19.3 Å². The summed E-state index contributed by atoms with van der Waals surface area (Å²) in [5.74, 6) is -0.293. The maximum absolute atomic E-state index is 12.8. The van der Waals surface area contributed by atoms with Crippen molar-refractivity contribution in [3.05, 3.63) is 29.3 Å². The van der Waals surface area contributed by atoms with E-state index >= 15 is 0 Å². The highest BCUT2D eigenvalue weighted by Crippen LogP contribution is 2.44. The molecule has 3 saturated heterocycles. The Kier molecular flexibility index (Phi) is 7.91. The number of carbonyl (C=O) groups excluding carboxylic acids is 3. The lowest BCUT2D eigenvalue weighted by Crippen LogP contribution is -2.51. The van der Waals surface area contributed by atoms with Crippen LogP contribution in [0.4, 0.5) is 5.69 Å². The van der Waals surface area contributed by atoms with Gasteiger partial charge in [-0.1, -0.05) is 17.7 Å². The third-order valence-corrected chi connectivity index (χ3v) is 8.34. The summed E-state index contributed by atoms with van der Waals surface area (Å²) in [5, 5.41) is 0.759. The molecular formula is C26H37ClN4O4. The first-order valence-electron chi connectivity index (χ1n) is 12.6. The molecule has 0 unspecified atom stereocenters. The van der Waals surface area contributed by atoms with E-state index < -0.39 is 11.5 Å². The average molecular weight is 505 g/mol. The van der Waals surface area contributed by atoms with E-state index in [0.717, 1.165) is 56.3 Å². The third-order valence-electron chi connectivity index (χ3n) is 8.11. The summed E-state index contributed by atoms with van der Waals surface area (Å²) in [4.78, 5) is 45.3. The first-order chi connectivity index (χ1) is 16.7. The fraction of sp³-hybridized carbons (Fsp3) is 0.654. The van der Waals surface area contributed by atoms with Gasteiger partial charge >= 0.3 is 5.97 Å². The number of likely N-dealkylation sites (N-methyl/N-ethyl adjacent to an activating group) is 1. The Balaban J connectivity index is 1.22. The van der Waals surface area contributed by atoms with Crippen LogP contribution in [0.3, 0.4) is 0 Å². The lowest BCUT2D eigenvalue weighted by atomic mass is 9.75. The highest BCUT2D eigenvalue weighted by atomic mass is 35.5. The van der Waals surface area contributed by atoms with Crippen LogP contribution in [0.2, 0.25) is 5.02 Å². The van der Waals surface area contributed by atoms with E-state index in [4.69, 9.17) is 16.3 Å². The highest BCUT2D eigenvalue weighted by Gasteiger charge is 2.51. The number of benzene rings is 1. The largest absolute Gasteiger partial charge is 0.462 e. The zero-order valence-corrected chi connectivity index (χ0v) is 21.8. The number of rotatable bonds is 6. The van der Waals surface area contributed by atoms with Gasteiger partial charge in [0.15, 0.2) is 0 Å². The topological polar surface area (TPSA) is 73.4 Å². The normalized spacial score (nSPS) is 23.3. The molecule has 3 heterocycles. The second-order valence-corrected chi connectivity index (χ2v) is 10.7. The van der Waals surface area contributed by atoms with Crippen molar-refractivity contribution in [1.29, 1.82) is 0 Å². The molecule has 0 bridgehead atoms. The van der Waals surface area contributed by atoms with Crippen LogP contribution in [0.1, 0.15) is 39.5 Å². The van der Waals surface area contributed by atoms with Crippen LogP contribution >= 0.6 is 11.6 Å². The number of carbonyl (C=O) groups is 3. The molecule has 3 aliphatic heterocycles. The molecule has 0 radical (unpaired) electrons. The van der Waals surface area contributed by atoms with Gasteiger partial charge < -0.3 is 19.4 Å². The van der Waals surface area contributed by atoms with E-state index in [2.05, 4.69) is 15.9 Å². The number of anilines is 1. The number of halogens is 1. The predicted molar refractivity (Wildman–Crippen MR) is 135 cm³/mol. The average Bonchev–Trinajstić information content (AvgIpc) is 3.16. The molecule has 0 aliphatic carbocycles. The molecule has 0 aromatic heterocycles. The summed E-state index contributed by atoms with van der Waals surface area (Å²) in [6.45, 7) is 9.04. The highest BCUT2D eigenvalue weighted by molar-refractivity contribution is 6.30. The summed E-state index contributed by atoms with van der Waals surface area (Å²) in [6, 6.07) is 7.49. The van der Waals surface area contributed by atoms with E-state index in [1.165, 1.54) is 11.8 Å². The van der Waals surface area contributed by atoms with Crippen LogP contribution in [0.15, 0.2) is 24.3 Å². The van der Waals surface area contributed by atoms with Crippen LogP contribution < -0.4 is 4.90 Å². The van der Waals surface area contributed by atoms with Crippen molar-refractivity contribution in [2.75, 3.05) is 57.8 Å². The number of piperazine rings is 1. The molecule has 2 amide bonds. The van der Waals surface area contributed by atoms with Crippen LogP contribution in [0, 0.1) is 5.41 Å². The first kappa shape index (κ1) is 25.8.